The highest BCUT2D eigenvalue weighted by Crippen LogP contribution is 2.26. The number of rotatable bonds is 1. The number of aromatic carboxylic acids is 1. The molecule has 0 unspecified atom stereocenters. The van der Waals surface area contributed by atoms with Gasteiger partial charge in [-0.3, -0.25) is 9.36 Å². The number of imidazole rings is 1. The first-order chi connectivity index (χ1) is 11.7. The monoisotopic (exact) mass is 353 g/mol. The summed E-state index contributed by atoms with van der Waals surface area (Å²) < 4.78 is 1.68. The molecule has 1 aromatic carbocycles. The summed E-state index contributed by atoms with van der Waals surface area (Å²) in [5, 5.41) is 9.32. The van der Waals surface area contributed by atoms with E-state index in [0.29, 0.717) is 16.9 Å². The minimum atomic E-state index is -1.52. The van der Waals surface area contributed by atoms with Gasteiger partial charge in [-0.25, -0.2) is 9.78 Å². The van der Waals surface area contributed by atoms with Gasteiger partial charge in [-0.2, -0.15) is 0 Å². The molecule has 0 radical (unpaired) electrons. The largest absolute Gasteiger partial charge is 0.476 e. The Labute approximate surface area is 147 Å². The first-order valence-electron chi connectivity index (χ1n) is 7.90. The van der Waals surface area contributed by atoms with Crippen molar-refractivity contribution in [3.63, 3.8) is 0 Å². The van der Waals surface area contributed by atoms with Crippen LogP contribution in [0, 0.1) is 11.5 Å². The number of carbonyl (C=O) groups is 2. The molecule has 1 aromatic heterocycles. The minimum absolute atomic E-state index is 0.0323. The number of fused-ring (bicyclic) bond motifs is 3. The Morgan fingerprint density at radius 2 is 2.04 bits per heavy atom. The van der Waals surface area contributed by atoms with Crippen molar-refractivity contribution in [3.05, 3.63) is 47.0 Å². The second-order valence-corrected chi connectivity index (χ2v) is 11.9. The van der Waals surface area contributed by atoms with E-state index in [0.717, 1.165) is 5.56 Å². The molecular weight excluding hydrogens is 334 g/mol. The third-order valence-corrected chi connectivity index (χ3v) is 4.75. The molecule has 0 bridgehead atoms. The Balaban J connectivity index is 2.18. The van der Waals surface area contributed by atoms with Crippen molar-refractivity contribution in [1.82, 2.24) is 14.5 Å². The van der Waals surface area contributed by atoms with E-state index in [9.17, 15) is 14.7 Å². The molecule has 1 aliphatic rings. The maximum absolute atomic E-state index is 12.7. The lowest BCUT2D eigenvalue weighted by Crippen LogP contribution is -2.25. The van der Waals surface area contributed by atoms with Gasteiger partial charge in [0.25, 0.3) is 5.91 Å². The van der Waals surface area contributed by atoms with Crippen LogP contribution >= 0.6 is 0 Å². The summed E-state index contributed by atoms with van der Waals surface area (Å²) in [7, 11) is 0.134. The Kier molecular flexibility index (Phi) is 4.01. The van der Waals surface area contributed by atoms with Crippen molar-refractivity contribution in [3.8, 4) is 17.2 Å². The predicted molar refractivity (Wildman–Crippen MR) is 96.5 cm³/mol. The second-order valence-electron chi connectivity index (χ2n) is 7.11. The van der Waals surface area contributed by atoms with E-state index in [4.69, 9.17) is 0 Å². The normalized spacial score (nSPS) is 13.4. The number of hydrogen-bond acceptors (Lipinski definition) is 3. The summed E-state index contributed by atoms with van der Waals surface area (Å²) in [6.07, 6.45) is 1.46. The van der Waals surface area contributed by atoms with E-state index in [2.05, 4.69) is 36.1 Å². The molecule has 128 valence electrons. The van der Waals surface area contributed by atoms with Gasteiger partial charge in [0.1, 0.15) is 14.4 Å². The zero-order chi connectivity index (χ0) is 18.4. The van der Waals surface area contributed by atoms with E-state index < -0.39 is 14.0 Å². The first kappa shape index (κ1) is 17.0. The molecule has 2 aromatic rings. The Bertz CT molecular complexity index is 945. The molecule has 0 saturated heterocycles. The highest BCUT2D eigenvalue weighted by Gasteiger charge is 2.28. The molecule has 0 aliphatic carbocycles. The molecule has 1 amide bonds. The zero-order valence-electron chi connectivity index (χ0n) is 14.6. The number of carbonyl (C=O) groups excluding carboxylic acids is 1. The third kappa shape index (κ3) is 3.21. The molecule has 25 heavy (non-hydrogen) atoms. The van der Waals surface area contributed by atoms with Gasteiger partial charge >= 0.3 is 5.97 Å². The van der Waals surface area contributed by atoms with Gasteiger partial charge in [0.15, 0.2) is 5.69 Å². The van der Waals surface area contributed by atoms with Crippen LogP contribution in [0.25, 0.3) is 5.69 Å². The number of carboxylic acids is 1. The van der Waals surface area contributed by atoms with Gasteiger partial charge in [-0.1, -0.05) is 25.6 Å². The van der Waals surface area contributed by atoms with E-state index in [1.807, 2.05) is 6.07 Å². The molecule has 0 saturated carbocycles. The number of carboxylic acid groups (broad SMARTS) is 1. The molecule has 0 atom stereocenters. The molecule has 6 nitrogen and oxygen atoms in total. The van der Waals surface area contributed by atoms with E-state index in [-0.39, 0.29) is 18.1 Å². The summed E-state index contributed by atoms with van der Waals surface area (Å²) in [5.74, 6) is 1.90. The molecule has 0 spiro atoms. The van der Waals surface area contributed by atoms with Gasteiger partial charge < -0.3 is 10.0 Å². The Hall–Kier alpha value is -2.85. The molecule has 0 fully saturated rings. The third-order valence-electron chi connectivity index (χ3n) is 3.87. The summed E-state index contributed by atoms with van der Waals surface area (Å²) >= 11 is 0. The van der Waals surface area contributed by atoms with Gasteiger partial charge in [0.2, 0.25) is 0 Å². The average Bonchev–Trinajstić information content (AvgIpc) is 2.91. The van der Waals surface area contributed by atoms with Crippen molar-refractivity contribution in [1.29, 1.82) is 0 Å². The number of hydrogen-bond donors (Lipinski definition) is 1. The van der Waals surface area contributed by atoms with Crippen molar-refractivity contribution >= 4 is 20.0 Å². The highest BCUT2D eigenvalue weighted by atomic mass is 28.3. The van der Waals surface area contributed by atoms with Crippen molar-refractivity contribution < 1.29 is 14.7 Å². The minimum Gasteiger partial charge on any atom is -0.476 e. The van der Waals surface area contributed by atoms with Crippen LogP contribution in [0.4, 0.5) is 0 Å². The van der Waals surface area contributed by atoms with Crippen molar-refractivity contribution in [2.24, 2.45) is 0 Å². The lowest BCUT2D eigenvalue weighted by Gasteiger charge is -2.14. The van der Waals surface area contributed by atoms with Crippen LogP contribution in [-0.2, 0) is 6.54 Å². The van der Waals surface area contributed by atoms with Crippen LogP contribution in [0.5, 0.6) is 0 Å². The lowest BCUT2D eigenvalue weighted by molar-refractivity contribution is 0.0683. The van der Waals surface area contributed by atoms with Crippen LogP contribution in [-0.4, -0.2) is 46.6 Å². The van der Waals surface area contributed by atoms with Crippen molar-refractivity contribution in [2.75, 3.05) is 7.05 Å². The van der Waals surface area contributed by atoms with Crippen molar-refractivity contribution in [2.45, 2.75) is 26.2 Å². The number of benzene rings is 1. The van der Waals surface area contributed by atoms with Gasteiger partial charge in [0, 0.05) is 12.6 Å². The Morgan fingerprint density at radius 1 is 1.32 bits per heavy atom. The van der Waals surface area contributed by atoms with Gasteiger partial charge in [-0.15, -0.1) is 5.54 Å². The molecule has 1 N–H and O–H groups in total. The SMILES string of the molecule is CN1Cc2c(C(=O)O)ncn2-c2ccc(C#C[Si](C)(C)C)cc2C1=O. The van der Waals surface area contributed by atoms with Gasteiger partial charge in [0.05, 0.1) is 23.5 Å². The van der Waals surface area contributed by atoms with E-state index in [1.54, 1.807) is 23.7 Å². The standard InChI is InChI=1S/C18H19N3O3Si/c1-20-10-15-16(18(23)24)19-11-21(15)14-6-5-12(7-8-25(2,3)4)9-13(14)17(20)22/h5-6,9,11H,10H2,1-4H3,(H,23,24). The highest BCUT2D eigenvalue weighted by molar-refractivity contribution is 6.83. The molecule has 3 rings (SSSR count). The average molecular weight is 353 g/mol. The number of nitrogens with zero attached hydrogens (tertiary/aromatic N) is 3. The second kappa shape index (κ2) is 5.90. The smallest absolute Gasteiger partial charge is 0.356 e. The molecule has 7 heteroatoms. The molecule has 2 heterocycles. The fourth-order valence-electron chi connectivity index (χ4n) is 2.67. The Morgan fingerprint density at radius 3 is 2.68 bits per heavy atom. The number of aromatic nitrogens is 2. The predicted octanol–water partition coefficient (Wildman–Crippen LogP) is 2.39. The van der Waals surface area contributed by atoms with Crippen LogP contribution in [0.3, 0.4) is 0 Å². The van der Waals surface area contributed by atoms with Crippen LogP contribution < -0.4 is 0 Å². The van der Waals surface area contributed by atoms with Crippen LogP contribution in [0.1, 0.15) is 32.1 Å². The fraction of sp³-hybridized carbons (Fsp3) is 0.278. The van der Waals surface area contributed by atoms with E-state index >= 15 is 0 Å². The summed E-state index contributed by atoms with van der Waals surface area (Å²) in [6.45, 7) is 6.67. The maximum Gasteiger partial charge on any atom is 0.356 e. The lowest BCUT2D eigenvalue weighted by atomic mass is 10.1. The molecule has 1 aliphatic heterocycles. The van der Waals surface area contributed by atoms with Crippen LogP contribution in [0.15, 0.2) is 24.5 Å². The summed E-state index contributed by atoms with van der Waals surface area (Å²) in [5.41, 5.74) is 5.66. The summed E-state index contributed by atoms with van der Waals surface area (Å²) in [6, 6.07) is 5.43. The maximum atomic E-state index is 12.7. The van der Waals surface area contributed by atoms with Gasteiger partial charge in [-0.05, 0) is 18.2 Å². The fourth-order valence-corrected chi connectivity index (χ4v) is 3.19. The summed E-state index contributed by atoms with van der Waals surface area (Å²) in [4.78, 5) is 29.6. The topological polar surface area (TPSA) is 75.4 Å². The van der Waals surface area contributed by atoms with E-state index in [1.165, 1.54) is 11.2 Å². The quantitative estimate of drug-likeness (QED) is 0.631. The molecular formula is C18H19N3O3Si. The van der Waals surface area contributed by atoms with Crippen LogP contribution in [0.2, 0.25) is 19.6 Å². The first-order valence-corrected chi connectivity index (χ1v) is 11.4. The number of amides is 1. The zero-order valence-corrected chi connectivity index (χ0v) is 15.6.